The van der Waals surface area contributed by atoms with Crippen LogP contribution in [0.15, 0.2) is 17.3 Å². The van der Waals surface area contributed by atoms with Crippen LogP contribution in [0, 0.1) is 13.8 Å². The number of primary sulfonamides is 1. The van der Waals surface area contributed by atoms with Crippen LogP contribution in [0.4, 0.5) is 0 Å². The van der Waals surface area contributed by atoms with Gasteiger partial charge in [0, 0.05) is 23.5 Å². The van der Waals surface area contributed by atoms with E-state index < -0.39 is 10.0 Å². The van der Waals surface area contributed by atoms with Crippen LogP contribution < -0.4 is 5.14 Å². The van der Waals surface area contributed by atoms with Gasteiger partial charge in [0.1, 0.15) is 0 Å². The van der Waals surface area contributed by atoms with Gasteiger partial charge in [-0.15, -0.1) is 10.2 Å². The molecule has 8 heteroatoms. The molecule has 0 radical (unpaired) electrons. The second-order valence-corrected chi connectivity index (χ2v) is 6.04. The van der Waals surface area contributed by atoms with E-state index in [4.69, 9.17) is 5.14 Å². The summed E-state index contributed by atoms with van der Waals surface area (Å²) in [5.74, 6) is 0.473. The Morgan fingerprint density at radius 2 is 1.95 bits per heavy atom. The van der Waals surface area contributed by atoms with Crippen molar-refractivity contribution in [2.75, 3.05) is 0 Å². The predicted octanol–water partition coefficient (Wildman–Crippen LogP) is 1.01. The van der Waals surface area contributed by atoms with E-state index in [2.05, 4.69) is 15.2 Å². The maximum absolute atomic E-state index is 11.6. The fourth-order valence-electron chi connectivity index (χ4n) is 2.05. The monoisotopic (exact) mass is 295 g/mol. The molecule has 7 nitrogen and oxygen atoms in total. The van der Waals surface area contributed by atoms with E-state index >= 15 is 0 Å². The molecule has 2 aromatic rings. The Kier molecular flexibility index (Phi) is 3.87. The Morgan fingerprint density at radius 1 is 1.25 bits per heavy atom. The van der Waals surface area contributed by atoms with Crippen molar-refractivity contribution in [2.24, 2.45) is 5.14 Å². The Labute approximate surface area is 117 Å². The van der Waals surface area contributed by atoms with Crippen molar-refractivity contribution in [1.82, 2.24) is 19.7 Å². The zero-order valence-electron chi connectivity index (χ0n) is 11.7. The lowest BCUT2D eigenvalue weighted by molar-refractivity contribution is 0.559. The average Bonchev–Trinajstić information content (AvgIpc) is 2.73. The molecule has 2 rings (SSSR count). The Hall–Kier alpha value is -1.80. The number of rotatable bonds is 4. The van der Waals surface area contributed by atoms with Crippen molar-refractivity contribution >= 4 is 10.0 Å². The van der Waals surface area contributed by atoms with Gasteiger partial charge in [-0.05, 0) is 32.4 Å². The summed E-state index contributed by atoms with van der Waals surface area (Å²) < 4.78 is 24.6. The van der Waals surface area contributed by atoms with Crippen molar-refractivity contribution in [3.63, 3.8) is 0 Å². The standard InChI is InChI=1S/C12H17N5O2S/c1-4-7-17-11(15-16-12(17)20(13,18)19)10-6-5-8(2)14-9(10)3/h5-6H,4,7H2,1-3H3,(H2,13,18,19). The van der Waals surface area contributed by atoms with E-state index in [1.165, 1.54) is 4.57 Å². The van der Waals surface area contributed by atoms with Crippen molar-refractivity contribution in [3.8, 4) is 11.4 Å². The summed E-state index contributed by atoms with van der Waals surface area (Å²) in [7, 11) is -3.89. The van der Waals surface area contributed by atoms with Crippen molar-refractivity contribution < 1.29 is 8.42 Å². The molecule has 0 fully saturated rings. The number of aromatic nitrogens is 4. The summed E-state index contributed by atoms with van der Waals surface area (Å²) in [5, 5.41) is 12.7. The number of hydrogen-bond donors (Lipinski definition) is 1. The van der Waals surface area contributed by atoms with Crippen LogP contribution in [0.25, 0.3) is 11.4 Å². The zero-order chi connectivity index (χ0) is 14.9. The second-order valence-electron chi connectivity index (χ2n) is 4.59. The molecule has 0 atom stereocenters. The highest BCUT2D eigenvalue weighted by Gasteiger charge is 2.22. The number of nitrogens with two attached hydrogens (primary N) is 1. The fraction of sp³-hybridized carbons (Fsp3) is 0.417. The SMILES string of the molecule is CCCn1c(-c2ccc(C)nc2C)nnc1S(N)(=O)=O. The topological polar surface area (TPSA) is 104 Å². The number of aryl methyl sites for hydroxylation is 2. The highest BCUT2D eigenvalue weighted by molar-refractivity contribution is 7.89. The molecular formula is C12H17N5O2S. The molecule has 0 aliphatic carbocycles. The van der Waals surface area contributed by atoms with Crippen LogP contribution in [0.2, 0.25) is 0 Å². The van der Waals surface area contributed by atoms with Crippen molar-refractivity contribution in [1.29, 1.82) is 0 Å². The summed E-state index contributed by atoms with van der Waals surface area (Å²) in [6.45, 7) is 6.16. The molecule has 2 heterocycles. The minimum atomic E-state index is -3.89. The van der Waals surface area contributed by atoms with Gasteiger partial charge in [-0.1, -0.05) is 6.92 Å². The number of nitrogens with zero attached hydrogens (tertiary/aromatic N) is 4. The molecule has 108 valence electrons. The molecule has 0 unspecified atom stereocenters. The van der Waals surface area contributed by atoms with Crippen LogP contribution in [0.5, 0.6) is 0 Å². The lowest BCUT2D eigenvalue weighted by Gasteiger charge is -2.09. The first kappa shape index (κ1) is 14.6. The second kappa shape index (κ2) is 5.29. The molecular weight excluding hydrogens is 278 g/mol. The van der Waals surface area contributed by atoms with E-state index in [1.54, 1.807) is 0 Å². The van der Waals surface area contributed by atoms with Gasteiger partial charge in [0.15, 0.2) is 5.82 Å². The van der Waals surface area contributed by atoms with Gasteiger partial charge >= 0.3 is 0 Å². The molecule has 0 saturated carbocycles. The van der Waals surface area contributed by atoms with E-state index in [0.29, 0.717) is 12.4 Å². The molecule has 0 spiro atoms. The average molecular weight is 295 g/mol. The van der Waals surface area contributed by atoms with Gasteiger partial charge in [-0.2, -0.15) is 0 Å². The minimum Gasteiger partial charge on any atom is -0.297 e. The van der Waals surface area contributed by atoms with Crippen LogP contribution in [-0.2, 0) is 16.6 Å². The summed E-state index contributed by atoms with van der Waals surface area (Å²) in [5.41, 5.74) is 2.42. The quantitative estimate of drug-likeness (QED) is 0.906. The highest BCUT2D eigenvalue weighted by Crippen LogP contribution is 2.23. The fourth-order valence-corrected chi connectivity index (χ4v) is 2.69. The highest BCUT2D eigenvalue weighted by atomic mass is 32.2. The molecule has 0 bridgehead atoms. The molecule has 0 amide bonds. The Morgan fingerprint density at radius 3 is 2.50 bits per heavy atom. The molecule has 0 saturated heterocycles. The van der Waals surface area contributed by atoms with E-state index in [1.807, 2.05) is 32.9 Å². The minimum absolute atomic E-state index is 0.214. The largest absolute Gasteiger partial charge is 0.297 e. The number of pyridine rings is 1. The normalized spacial score (nSPS) is 11.8. The van der Waals surface area contributed by atoms with Crippen LogP contribution in [0.3, 0.4) is 0 Å². The summed E-state index contributed by atoms with van der Waals surface area (Å²) in [4.78, 5) is 4.36. The molecule has 2 N–H and O–H groups in total. The lowest BCUT2D eigenvalue weighted by atomic mass is 10.1. The summed E-state index contributed by atoms with van der Waals surface area (Å²) >= 11 is 0. The third-order valence-corrected chi connectivity index (χ3v) is 3.70. The maximum Gasteiger partial charge on any atom is 0.273 e. The van der Waals surface area contributed by atoms with Gasteiger partial charge in [0.25, 0.3) is 15.2 Å². The van der Waals surface area contributed by atoms with Crippen molar-refractivity contribution in [3.05, 3.63) is 23.5 Å². The third-order valence-electron chi connectivity index (χ3n) is 2.88. The van der Waals surface area contributed by atoms with Gasteiger partial charge in [0.2, 0.25) is 0 Å². The van der Waals surface area contributed by atoms with Crippen LogP contribution in [0.1, 0.15) is 24.7 Å². The lowest BCUT2D eigenvalue weighted by Crippen LogP contribution is -2.19. The molecule has 2 aromatic heterocycles. The van der Waals surface area contributed by atoms with Crippen LogP contribution >= 0.6 is 0 Å². The van der Waals surface area contributed by atoms with E-state index in [-0.39, 0.29) is 5.16 Å². The van der Waals surface area contributed by atoms with Gasteiger partial charge in [0.05, 0.1) is 0 Å². The molecule has 0 aliphatic rings. The molecule has 0 aliphatic heterocycles. The van der Waals surface area contributed by atoms with E-state index in [9.17, 15) is 8.42 Å². The van der Waals surface area contributed by atoms with Gasteiger partial charge < -0.3 is 0 Å². The zero-order valence-corrected chi connectivity index (χ0v) is 12.5. The first-order valence-electron chi connectivity index (χ1n) is 6.25. The predicted molar refractivity (Wildman–Crippen MR) is 74.4 cm³/mol. The van der Waals surface area contributed by atoms with E-state index in [0.717, 1.165) is 23.4 Å². The number of hydrogen-bond acceptors (Lipinski definition) is 5. The summed E-state index contributed by atoms with van der Waals surface area (Å²) in [6.07, 6.45) is 0.742. The molecule has 0 aromatic carbocycles. The first-order valence-corrected chi connectivity index (χ1v) is 7.80. The van der Waals surface area contributed by atoms with Gasteiger partial charge in [-0.25, -0.2) is 13.6 Å². The maximum atomic E-state index is 11.6. The Balaban J connectivity index is 2.66. The van der Waals surface area contributed by atoms with Crippen molar-refractivity contribution in [2.45, 2.75) is 38.9 Å². The first-order chi connectivity index (χ1) is 9.34. The Bertz CT molecular complexity index is 736. The molecule has 20 heavy (non-hydrogen) atoms. The number of sulfonamides is 1. The van der Waals surface area contributed by atoms with Gasteiger partial charge in [-0.3, -0.25) is 9.55 Å². The summed E-state index contributed by atoms with van der Waals surface area (Å²) in [6, 6.07) is 3.71. The smallest absolute Gasteiger partial charge is 0.273 e. The third kappa shape index (κ3) is 2.70. The van der Waals surface area contributed by atoms with Crippen LogP contribution in [-0.4, -0.2) is 28.2 Å².